The molecule has 8 aromatic rings. The van der Waals surface area contributed by atoms with E-state index in [0.29, 0.717) is 42.3 Å². The number of hydrogen-bond acceptors (Lipinski definition) is 8. The molecule has 12 rings (SSSR count). The summed E-state index contributed by atoms with van der Waals surface area (Å²) in [7, 11) is 0. The first kappa shape index (κ1) is 57.4. The SMILES string of the molecule is CCc1cccc(-c2cc(CC(=O)N3[C@@H]4C[C@@H]4C[C@H]3C(=O)NCc3cccc(Cl)c3F)cc3ccoc23)c1.NCc1cccc(-c2cc(CC(=O)N3[C@@H]4C[C@@H]4C[C@H]3C(=O)NCc3cccc(Cl)c3F)cc3ccoc23)c1.O=CC(F)(F)F. The number of benzene rings is 6. The number of amides is 4. The number of furan rings is 2. The van der Waals surface area contributed by atoms with E-state index in [1.165, 1.54) is 17.7 Å². The van der Waals surface area contributed by atoms with Gasteiger partial charge in [-0.1, -0.05) is 96.9 Å². The first-order valence-corrected chi connectivity index (χ1v) is 27.6. The van der Waals surface area contributed by atoms with Gasteiger partial charge in [-0.05, 0) is 132 Å². The van der Waals surface area contributed by atoms with E-state index in [4.69, 9.17) is 42.6 Å². The van der Waals surface area contributed by atoms with Crippen LogP contribution in [0.4, 0.5) is 22.0 Å². The minimum absolute atomic E-state index is 0.0133. The maximum absolute atomic E-state index is 14.3. The number of aryl methyl sites for hydroxylation is 1. The van der Waals surface area contributed by atoms with Gasteiger partial charge in [-0.15, -0.1) is 0 Å². The van der Waals surface area contributed by atoms with Crippen molar-refractivity contribution in [1.82, 2.24) is 20.4 Å². The fourth-order valence-electron chi connectivity index (χ4n) is 11.3. The molecule has 4 aliphatic rings. The Morgan fingerprint density at radius 2 is 1.04 bits per heavy atom. The highest BCUT2D eigenvalue weighted by Crippen LogP contribution is 2.49. The summed E-state index contributed by atoms with van der Waals surface area (Å²) in [5.41, 5.74) is 15.9. The number of piperidine rings is 2. The molecular formula is C63H56Cl2F5N5O7. The third-order valence-electron chi connectivity index (χ3n) is 15.5. The Hall–Kier alpha value is -7.86. The Bertz CT molecular complexity index is 3500. The molecule has 82 heavy (non-hydrogen) atoms. The van der Waals surface area contributed by atoms with Gasteiger partial charge < -0.3 is 35.0 Å². The summed E-state index contributed by atoms with van der Waals surface area (Å²) >= 11 is 11.7. The first-order valence-electron chi connectivity index (χ1n) is 26.9. The second kappa shape index (κ2) is 24.3. The molecule has 0 bridgehead atoms. The van der Waals surface area contributed by atoms with Gasteiger partial charge in [0, 0.05) is 64.7 Å². The number of nitrogens with two attached hydrogens (primary N) is 1. The predicted octanol–water partition coefficient (Wildman–Crippen LogP) is 12.2. The molecule has 0 unspecified atom stereocenters. The van der Waals surface area contributed by atoms with Crippen molar-refractivity contribution in [3.05, 3.63) is 189 Å². The van der Waals surface area contributed by atoms with Gasteiger partial charge in [0.2, 0.25) is 29.9 Å². The normalized spacial score (nSPS) is 19.3. The minimum Gasteiger partial charge on any atom is -0.464 e. The first-order chi connectivity index (χ1) is 39.4. The van der Waals surface area contributed by atoms with Crippen LogP contribution in [0.2, 0.25) is 10.0 Å². The third-order valence-corrected chi connectivity index (χ3v) is 16.1. The summed E-state index contributed by atoms with van der Waals surface area (Å²) in [6.45, 7) is 2.59. The zero-order valence-corrected chi connectivity index (χ0v) is 45.8. The lowest BCUT2D eigenvalue weighted by Crippen LogP contribution is -2.48. The number of nitrogens with zero attached hydrogens (tertiary/aromatic N) is 2. The van der Waals surface area contributed by atoms with Crippen molar-refractivity contribution in [2.45, 2.75) is 102 Å². The van der Waals surface area contributed by atoms with Gasteiger partial charge >= 0.3 is 6.18 Å². The second-order valence-electron chi connectivity index (χ2n) is 21.0. The summed E-state index contributed by atoms with van der Waals surface area (Å²) < 4.78 is 71.4. The molecule has 2 aliphatic heterocycles. The Morgan fingerprint density at radius 3 is 1.46 bits per heavy atom. The van der Waals surface area contributed by atoms with E-state index in [2.05, 4.69) is 35.8 Å². The predicted molar refractivity (Wildman–Crippen MR) is 301 cm³/mol. The smallest absolute Gasteiger partial charge is 0.446 e. The van der Waals surface area contributed by atoms with E-state index >= 15 is 0 Å². The molecule has 0 radical (unpaired) electrons. The second-order valence-corrected chi connectivity index (χ2v) is 21.8. The van der Waals surface area contributed by atoms with Crippen LogP contribution in [0.3, 0.4) is 0 Å². The van der Waals surface area contributed by atoms with E-state index < -0.39 is 36.2 Å². The number of fused-ring (bicyclic) bond motifs is 4. The summed E-state index contributed by atoms with van der Waals surface area (Å²) in [4.78, 5) is 65.6. The van der Waals surface area contributed by atoms with Crippen LogP contribution < -0.4 is 16.4 Å². The lowest BCUT2D eigenvalue weighted by atomic mass is 9.97. The van der Waals surface area contributed by atoms with Crippen LogP contribution in [-0.2, 0) is 62.9 Å². The van der Waals surface area contributed by atoms with Gasteiger partial charge in [-0.2, -0.15) is 13.2 Å². The van der Waals surface area contributed by atoms with E-state index in [9.17, 15) is 41.1 Å². The molecular weight excluding hydrogens is 1100 g/mol. The molecule has 6 aromatic carbocycles. The number of rotatable bonds is 14. The monoisotopic (exact) mass is 1160 g/mol. The quantitative estimate of drug-likeness (QED) is 0.0714. The van der Waals surface area contributed by atoms with Crippen molar-refractivity contribution in [3.8, 4) is 22.3 Å². The van der Waals surface area contributed by atoms with E-state index in [-0.39, 0.29) is 71.7 Å². The number of aldehydes is 1. The van der Waals surface area contributed by atoms with E-state index in [1.807, 2.05) is 66.7 Å². The topological polar surface area (TPSA) is 168 Å². The highest BCUT2D eigenvalue weighted by Gasteiger charge is 2.57. The van der Waals surface area contributed by atoms with Crippen molar-refractivity contribution < 1.29 is 54.8 Å². The van der Waals surface area contributed by atoms with Crippen LogP contribution in [0, 0.1) is 23.5 Å². The van der Waals surface area contributed by atoms with Gasteiger partial charge in [-0.25, -0.2) is 8.78 Å². The fraction of sp³-hybridized carbons (Fsp3) is 0.286. The van der Waals surface area contributed by atoms with Gasteiger partial charge in [0.25, 0.3) is 0 Å². The maximum Gasteiger partial charge on any atom is 0.446 e. The standard InChI is InChI=1S/C31H28ClFN2O3.C30H27ClFN3O3.C2HF3O/c1-2-18-5-3-6-20(11-18)24-13-19(12-21-9-10-38-30(21)24)14-28(36)35-26-15-23(26)16-27(35)31(37)34-17-22-7-4-8-25(32)29(22)33;31-24-6-2-5-21(28(24)32)16-34-30(37)26-14-22-13-25(22)35(26)27(36)12-18-10-20-7-8-38-29(20)23(11-18)19-4-1-3-17(9-19)15-33;3-2(4,5)1-6/h3-13,23,26-27H,2,14-17H2,1H3,(H,34,37);1-11,22,25-26H,12-16,33H2,(H,34,37);1H/t23-,26-,27+;22-,25-,26+;/m11./s1. The minimum atomic E-state index is -4.64. The fourth-order valence-corrected chi connectivity index (χ4v) is 11.7. The number of halogens is 7. The van der Waals surface area contributed by atoms with Crippen LogP contribution in [-0.4, -0.2) is 70.1 Å². The van der Waals surface area contributed by atoms with Gasteiger partial charge in [0.05, 0.1) is 35.4 Å². The van der Waals surface area contributed by atoms with Crippen LogP contribution >= 0.6 is 23.2 Å². The van der Waals surface area contributed by atoms with Crippen molar-refractivity contribution in [1.29, 1.82) is 0 Å². The molecule has 2 aromatic heterocycles. The lowest BCUT2D eigenvalue weighted by molar-refractivity contribution is -0.156. The molecule has 6 atom stereocenters. The van der Waals surface area contributed by atoms with Gasteiger partial charge in [0.15, 0.2) is 0 Å². The number of hydrogen-bond donors (Lipinski definition) is 3. The molecule has 2 saturated heterocycles. The Morgan fingerprint density at radius 1 is 0.610 bits per heavy atom. The molecule has 2 saturated carbocycles. The number of carbonyl (C=O) groups excluding carboxylic acids is 5. The summed E-state index contributed by atoms with van der Waals surface area (Å²) in [5, 5.41) is 7.51. The zero-order valence-electron chi connectivity index (χ0n) is 44.3. The molecule has 0 spiro atoms. The summed E-state index contributed by atoms with van der Waals surface area (Å²) in [5.74, 6) is -1.08. The lowest BCUT2D eigenvalue weighted by Gasteiger charge is -2.27. The van der Waals surface area contributed by atoms with Gasteiger partial charge in [-0.3, -0.25) is 24.0 Å². The number of carbonyl (C=O) groups is 5. The number of likely N-dealkylation sites (tertiary alicyclic amines) is 2. The van der Waals surface area contributed by atoms with Crippen LogP contribution in [0.5, 0.6) is 0 Å². The molecule has 4 amide bonds. The zero-order chi connectivity index (χ0) is 58.0. The van der Waals surface area contributed by atoms with Crippen molar-refractivity contribution in [2.24, 2.45) is 17.6 Å². The van der Waals surface area contributed by atoms with Crippen molar-refractivity contribution in [2.75, 3.05) is 0 Å². The molecule has 12 nitrogen and oxygen atoms in total. The molecule has 19 heteroatoms. The molecule has 424 valence electrons. The molecule has 4 N–H and O–H groups in total. The highest BCUT2D eigenvalue weighted by molar-refractivity contribution is 6.31. The largest absolute Gasteiger partial charge is 0.464 e. The molecule has 2 aliphatic carbocycles. The maximum atomic E-state index is 14.3. The van der Waals surface area contributed by atoms with Crippen LogP contribution in [0.15, 0.2) is 143 Å². The number of nitrogens with one attached hydrogen (secondary N) is 2. The Kier molecular flexibility index (Phi) is 17.0. The molecule has 4 fully saturated rings. The average Bonchev–Trinajstić information content (AvgIpc) is 4.14. The van der Waals surface area contributed by atoms with Gasteiger partial charge in [0.1, 0.15) is 34.9 Å². The number of alkyl halides is 3. The third kappa shape index (κ3) is 12.8. The van der Waals surface area contributed by atoms with E-state index in [0.717, 1.165) is 80.1 Å². The van der Waals surface area contributed by atoms with Crippen LogP contribution in [0.1, 0.15) is 66.0 Å². The van der Waals surface area contributed by atoms with Crippen LogP contribution in [0.25, 0.3) is 44.2 Å². The van der Waals surface area contributed by atoms with E-state index in [1.54, 1.807) is 46.6 Å². The van der Waals surface area contributed by atoms with Crippen molar-refractivity contribution in [3.63, 3.8) is 0 Å². The molecule has 4 heterocycles. The summed E-state index contributed by atoms with van der Waals surface area (Å²) in [6.07, 6.45) is 2.00. The Balaban J connectivity index is 0.000000167. The average molecular weight is 1160 g/mol. The Labute approximate surface area is 478 Å². The summed E-state index contributed by atoms with van der Waals surface area (Å²) in [6, 6.07) is 36.5. The van der Waals surface area contributed by atoms with Crippen molar-refractivity contribution >= 4 is 75.1 Å². The highest BCUT2D eigenvalue weighted by atomic mass is 35.5.